The number of benzene rings is 1. The number of halogens is 2. The van der Waals surface area contributed by atoms with Crippen LogP contribution in [0.2, 0.25) is 10.0 Å². The van der Waals surface area contributed by atoms with Crippen LogP contribution in [-0.2, 0) is 0 Å². The highest BCUT2D eigenvalue weighted by Gasteiger charge is 2.23. The van der Waals surface area contributed by atoms with Crippen molar-refractivity contribution in [1.29, 1.82) is 0 Å². The summed E-state index contributed by atoms with van der Waals surface area (Å²) >= 11 is 12.5. The standard InChI is InChI=1S/C13H10Cl2N4O/c1-6-7(5-17-18-6)12-11(13(16)20-19-12)10-8(14)3-2-4-9(10)15/h2-5H,16H2,1H3,(H,17,18). The number of hydrogen-bond acceptors (Lipinski definition) is 4. The van der Waals surface area contributed by atoms with Crippen LogP contribution in [0.25, 0.3) is 22.4 Å². The molecule has 0 amide bonds. The quantitative estimate of drug-likeness (QED) is 0.751. The summed E-state index contributed by atoms with van der Waals surface area (Å²) in [5.74, 6) is 0.163. The van der Waals surface area contributed by atoms with E-state index < -0.39 is 0 Å². The summed E-state index contributed by atoms with van der Waals surface area (Å²) in [5.41, 5.74) is 9.26. The summed E-state index contributed by atoms with van der Waals surface area (Å²) in [6.45, 7) is 1.88. The molecule has 0 radical (unpaired) electrons. The first-order valence-electron chi connectivity index (χ1n) is 5.79. The van der Waals surface area contributed by atoms with Gasteiger partial charge in [-0.15, -0.1) is 0 Å². The van der Waals surface area contributed by atoms with E-state index in [9.17, 15) is 0 Å². The van der Waals surface area contributed by atoms with Gasteiger partial charge in [-0.3, -0.25) is 5.10 Å². The molecule has 0 aliphatic rings. The van der Waals surface area contributed by atoms with Gasteiger partial charge in [0.05, 0.1) is 21.8 Å². The number of nitrogens with one attached hydrogen (secondary N) is 1. The van der Waals surface area contributed by atoms with Crippen LogP contribution in [0.5, 0.6) is 0 Å². The van der Waals surface area contributed by atoms with Crippen LogP contribution in [0.3, 0.4) is 0 Å². The maximum Gasteiger partial charge on any atom is 0.230 e. The molecule has 0 atom stereocenters. The average Bonchev–Trinajstić information content (AvgIpc) is 2.97. The maximum atomic E-state index is 6.23. The number of nitrogens with zero attached hydrogens (tertiary/aromatic N) is 2. The lowest BCUT2D eigenvalue weighted by atomic mass is 10.0. The van der Waals surface area contributed by atoms with E-state index in [0.717, 1.165) is 11.3 Å². The minimum Gasteiger partial charge on any atom is -0.367 e. The van der Waals surface area contributed by atoms with Gasteiger partial charge in [0.1, 0.15) is 5.69 Å². The van der Waals surface area contributed by atoms with Gasteiger partial charge in [0.2, 0.25) is 5.88 Å². The zero-order valence-electron chi connectivity index (χ0n) is 10.4. The molecule has 3 N–H and O–H groups in total. The highest BCUT2D eigenvalue weighted by molar-refractivity contribution is 6.39. The third kappa shape index (κ3) is 1.95. The summed E-state index contributed by atoms with van der Waals surface area (Å²) in [6.07, 6.45) is 1.65. The van der Waals surface area contributed by atoms with E-state index in [2.05, 4.69) is 15.4 Å². The summed E-state index contributed by atoms with van der Waals surface area (Å²) in [7, 11) is 0. The van der Waals surface area contributed by atoms with Gasteiger partial charge in [-0.2, -0.15) is 5.10 Å². The first-order chi connectivity index (χ1) is 9.59. The molecule has 0 spiro atoms. The highest BCUT2D eigenvalue weighted by atomic mass is 35.5. The Morgan fingerprint density at radius 2 is 1.90 bits per heavy atom. The Bertz CT molecular complexity index is 758. The normalized spacial score (nSPS) is 10.9. The summed E-state index contributed by atoms with van der Waals surface area (Å²) < 4.78 is 5.11. The smallest absolute Gasteiger partial charge is 0.230 e. The third-order valence-corrected chi connectivity index (χ3v) is 3.65. The van der Waals surface area contributed by atoms with E-state index in [1.54, 1.807) is 24.4 Å². The van der Waals surface area contributed by atoms with Crippen molar-refractivity contribution in [3.8, 4) is 22.4 Å². The van der Waals surface area contributed by atoms with Gasteiger partial charge in [0, 0.05) is 16.8 Å². The molecule has 3 rings (SSSR count). The second kappa shape index (κ2) is 4.85. The fourth-order valence-electron chi connectivity index (χ4n) is 2.05. The number of anilines is 1. The van der Waals surface area contributed by atoms with Gasteiger partial charge in [0.25, 0.3) is 0 Å². The van der Waals surface area contributed by atoms with Crippen LogP contribution in [0.4, 0.5) is 5.88 Å². The Labute approximate surface area is 124 Å². The van der Waals surface area contributed by atoms with E-state index in [1.807, 2.05) is 6.92 Å². The van der Waals surface area contributed by atoms with Gasteiger partial charge in [-0.05, 0) is 19.1 Å². The molecule has 1 aromatic carbocycles. The molecule has 0 fully saturated rings. The lowest BCUT2D eigenvalue weighted by Crippen LogP contribution is -1.90. The van der Waals surface area contributed by atoms with Crippen LogP contribution in [-0.4, -0.2) is 15.4 Å². The number of aryl methyl sites for hydroxylation is 1. The molecule has 3 aromatic rings. The number of aromatic amines is 1. The largest absolute Gasteiger partial charge is 0.367 e. The minimum atomic E-state index is 0.163. The number of nitrogen functional groups attached to an aromatic ring is 1. The topological polar surface area (TPSA) is 80.7 Å². The molecule has 0 saturated carbocycles. The van der Waals surface area contributed by atoms with Gasteiger partial charge >= 0.3 is 0 Å². The number of H-pyrrole nitrogens is 1. The van der Waals surface area contributed by atoms with Crippen LogP contribution in [0, 0.1) is 6.92 Å². The first-order valence-corrected chi connectivity index (χ1v) is 6.55. The van der Waals surface area contributed by atoms with Gasteiger partial charge < -0.3 is 10.3 Å². The summed E-state index contributed by atoms with van der Waals surface area (Å²) in [5, 5.41) is 11.8. The van der Waals surface area contributed by atoms with Gasteiger partial charge in [-0.1, -0.05) is 34.4 Å². The Kier molecular flexibility index (Phi) is 3.16. The van der Waals surface area contributed by atoms with E-state index in [-0.39, 0.29) is 5.88 Å². The van der Waals surface area contributed by atoms with E-state index in [4.69, 9.17) is 33.5 Å². The average molecular weight is 309 g/mol. The van der Waals surface area contributed by atoms with Crippen molar-refractivity contribution in [2.75, 3.05) is 5.73 Å². The molecule has 0 bridgehead atoms. The van der Waals surface area contributed by atoms with E-state index >= 15 is 0 Å². The Hall–Kier alpha value is -1.98. The second-order valence-electron chi connectivity index (χ2n) is 4.28. The van der Waals surface area contributed by atoms with E-state index in [0.29, 0.717) is 26.9 Å². The van der Waals surface area contributed by atoms with Crippen molar-refractivity contribution in [2.24, 2.45) is 0 Å². The van der Waals surface area contributed by atoms with Crippen molar-refractivity contribution in [3.05, 3.63) is 40.1 Å². The van der Waals surface area contributed by atoms with Gasteiger partial charge in [-0.25, -0.2) is 0 Å². The van der Waals surface area contributed by atoms with Crippen LogP contribution >= 0.6 is 23.2 Å². The molecule has 7 heteroatoms. The Morgan fingerprint density at radius 3 is 2.50 bits per heavy atom. The number of aromatic nitrogens is 3. The zero-order chi connectivity index (χ0) is 14.3. The number of rotatable bonds is 2. The molecule has 2 aromatic heterocycles. The molecule has 0 unspecified atom stereocenters. The van der Waals surface area contributed by atoms with Crippen molar-refractivity contribution in [2.45, 2.75) is 6.92 Å². The predicted molar refractivity (Wildman–Crippen MR) is 78.7 cm³/mol. The Morgan fingerprint density at radius 1 is 1.20 bits per heavy atom. The van der Waals surface area contributed by atoms with Crippen LogP contribution < -0.4 is 5.73 Å². The number of nitrogens with two attached hydrogens (primary N) is 1. The lowest BCUT2D eigenvalue weighted by Gasteiger charge is -2.06. The fraction of sp³-hybridized carbons (Fsp3) is 0.0769. The van der Waals surface area contributed by atoms with Crippen LogP contribution in [0.1, 0.15) is 5.69 Å². The monoisotopic (exact) mass is 308 g/mol. The van der Waals surface area contributed by atoms with Crippen LogP contribution in [0.15, 0.2) is 28.9 Å². The van der Waals surface area contributed by atoms with Crippen molar-refractivity contribution < 1.29 is 4.52 Å². The molecule has 20 heavy (non-hydrogen) atoms. The molecular formula is C13H10Cl2N4O. The molecule has 2 heterocycles. The lowest BCUT2D eigenvalue weighted by molar-refractivity contribution is 0.439. The maximum absolute atomic E-state index is 6.23. The molecule has 0 saturated heterocycles. The minimum absolute atomic E-state index is 0.163. The van der Waals surface area contributed by atoms with Crippen molar-refractivity contribution in [1.82, 2.24) is 15.4 Å². The molecule has 5 nitrogen and oxygen atoms in total. The molecular weight excluding hydrogens is 299 g/mol. The fourth-order valence-corrected chi connectivity index (χ4v) is 2.64. The predicted octanol–water partition coefficient (Wildman–Crippen LogP) is 3.93. The SMILES string of the molecule is Cc1[nH]ncc1-c1noc(N)c1-c1c(Cl)cccc1Cl. The summed E-state index contributed by atoms with van der Waals surface area (Å²) in [6, 6.07) is 5.24. The second-order valence-corrected chi connectivity index (χ2v) is 5.09. The Balaban J connectivity index is 2.31. The van der Waals surface area contributed by atoms with E-state index in [1.165, 1.54) is 0 Å². The van der Waals surface area contributed by atoms with Gasteiger partial charge in [0.15, 0.2) is 0 Å². The molecule has 102 valence electrons. The highest BCUT2D eigenvalue weighted by Crippen LogP contribution is 2.43. The third-order valence-electron chi connectivity index (χ3n) is 3.02. The summed E-state index contributed by atoms with van der Waals surface area (Å²) in [4.78, 5) is 0. The van der Waals surface area contributed by atoms with Crippen molar-refractivity contribution >= 4 is 29.1 Å². The molecule has 0 aliphatic carbocycles. The first kappa shape index (κ1) is 13.0. The van der Waals surface area contributed by atoms with Crippen molar-refractivity contribution in [3.63, 3.8) is 0 Å². The number of hydrogen-bond donors (Lipinski definition) is 2. The zero-order valence-corrected chi connectivity index (χ0v) is 12.0. The molecule has 0 aliphatic heterocycles.